The fourth-order valence-corrected chi connectivity index (χ4v) is 3.40. The van der Waals surface area contributed by atoms with Gasteiger partial charge < -0.3 is 20.7 Å². The molecule has 2 aromatic rings. The zero-order valence-electron chi connectivity index (χ0n) is 15.6. The lowest BCUT2D eigenvalue weighted by Gasteiger charge is -2.29. The molecule has 144 valence electrons. The van der Waals surface area contributed by atoms with Crippen molar-refractivity contribution in [3.05, 3.63) is 65.2 Å². The number of Topliss-reactive ketones (excluding diaryl/α,β-unsaturated/α-hetero) is 1. The van der Waals surface area contributed by atoms with Crippen molar-refractivity contribution in [1.82, 2.24) is 5.32 Å². The molecule has 2 atom stereocenters. The van der Waals surface area contributed by atoms with Crippen molar-refractivity contribution >= 4 is 18.1 Å². The third-order valence-corrected chi connectivity index (χ3v) is 5.23. The maximum absolute atomic E-state index is 12.3. The van der Waals surface area contributed by atoms with Crippen LogP contribution in [0.25, 0.3) is 16.7 Å². The topological polar surface area (TPSA) is 112 Å². The highest BCUT2D eigenvalue weighted by Crippen LogP contribution is 2.44. The van der Waals surface area contributed by atoms with Gasteiger partial charge in [-0.25, -0.2) is 4.79 Å². The van der Waals surface area contributed by atoms with Crippen molar-refractivity contribution in [1.29, 1.82) is 0 Å². The van der Waals surface area contributed by atoms with Gasteiger partial charge in [-0.1, -0.05) is 48.5 Å². The van der Waals surface area contributed by atoms with Crippen LogP contribution < -0.4 is 5.32 Å². The molecule has 0 saturated heterocycles. The first-order chi connectivity index (χ1) is 13.4. The number of aliphatic hydroxyl groups is 1. The van der Waals surface area contributed by atoms with Gasteiger partial charge in [0.05, 0.1) is 6.10 Å². The van der Waals surface area contributed by atoms with Crippen molar-refractivity contribution in [3.63, 3.8) is 0 Å². The first-order valence-corrected chi connectivity index (χ1v) is 8.91. The van der Waals surface area contributed by atoms with Crippen LogP contribution in [0.5, 0.6) is 0 Å². The van der Waals surface area contributed by atoms with Crippen LogP contribution in [0.1, 0.15) is 30.9 Å². The molecule has 2 aromatic carbocycles. The predicted octanol–water partition coefficient (Wildman–Crippen LogP) is 2.53. The standard InChI is InChI=1S/C21H21N3O4/c1-13(25)21(2,19(26)11-23-22)24-20(27)28-12-18-16-9-5-3-7-14(16)15-8-4-6-10-17(15)18/h3-11,13,18,25H,12H2,1-2H3,(H,24,27)/t13-,21?/m1/s1. The summed E-state index contributed by atoms with van der Waals surface area (Å²) in [6.45, 7) is 2.77. The second kappa shape index (κ2) is 7.76. The summed E-state index contributed by atoms with van der Waals surface area (Å²) in [5.41, 5.74) is 11.2. The Hall–Kier alpha value is -3.28. The van der Waals surface area contributed by atoms with Crippen molar-refractivity contribution < 1.29 is 24.2 Å². The average Bonchev–Trinajstić information content (AvgIpc) is 3.00. The molecule has 0 radical (unpaired) electrons. The molecule has 0 saturated carbocycles. The van der Waals surface area contributed by atoms with E-state index < -0.39 is 23.5 Å². The van der Waals surface area contributed by atoms with Gasteiger partial charge in [0.1, 0.15) is 12.1 Å². The highest BCUT2D eigenvalue weighted by molar-refractivity contribution is 6.30. The van der Waals surface area contributed by atoms with Crippen molar-refractivity contribution in [2.75, 3.05) is 6.61 Å². The van der Waals surface area contributed by atoms with Gasteiger partial charge in [0.15, 0.2) is 0 Å². The average molecular weight is 379 g/mol. The Morgan fingerprint density at radius 2 is 1.75 bits per heavy atom. The second-order valence-electron chi connectivity index (χ2n) is 6.94. The molecule has 0 spiro atoms. The molecule has 2 N–H and O–H groups in total. The van der Waals surface area contributed by atoms with Crippen LogP contribution in [0.2, 0.25) is 0 Å². The van der Waals surface area contributed by atoms with Gasteiger partial charge >= 0.3 is 12.3 Å². The van der Waals surface area contributed by atoms with E-state index >= 15 is 0 Å². The van der Waals surface area contributed by atoms with Crippen LogP contribution in [0.4, 0.5) is 4.79 Å². The highest BCUT2D eigenvalue weighted by Gasteiger charge is 2.41. The van der Waals surface area contributed by atoms with Gasteiger partial charge in [0.2, 0.25) is 0 Å². The minimum Gasteiger partial charge on any atom is -0.449 e. The van der Waals surface area contributed by atoms with Crippen LogP contribution in [0.3, 0.4) is 0 Å². The number of nitrogens with zero attached hydrogens (tertiary/aromatic N) is 2. The maximum Gasteiger partial charge on any atom is 0.408 e. The SMILES string of the molecule is C[C@@H](O)C(C)(NC(=O)OCC1c2ccccc2-c2ccccc21)C(=O)C=[N+]=[N-]. The number of ketones is 1. The normalized spacial score (nSPS) is 15.4. The molecule has 1 aliphatic carbocycles. The fraction of sp³-hybridized carbons (Fsp3) is 0.286. The molecule has 0 fully saturated rings. The second-order valence-corrected chi connectivity index (χ2v) is 6.94. The monoisotopic (exact) mass is 379 g/mol. The third kappa shape index (κ3) is 3.45. The van der Waals surface area contributed by atoms with Gasteiger partial charge in [-0.15, -0.1) is 0 Å². The summed E-state index contributed by atoms with van der Waals surface area (Å²) >= 11 is 0. The highest BCUT2D eigenvalue weighted by atomic mass is 16.5. The van der Waals surface area contributed by atoms with E-state index in [0.29, 0.717) is 6.21 Å². The summed E-state index contributed by atoms with van der Waals surface area (Å²) in [7, 11) is 0. The lowest BCUT2D eigenvalue weighted by Crippen LogP contribution is -2.59. The first-order valence-electron chi connectivity index (χ1n) is 8.91. The third-order valence-electron chi connectivity index (χ3n) is 5.23. The summed E-state index contributed by atoms with van der Waals surface area (Å²) in [6.07, 6.45) is -1.43. The number of hydrogen-bond donors (Lipinski definition) is 2. The van der Waals surface area contributed by atoms with E-state index in [1.165, 1.54) is 13.8 Å². The molecule has 0 aromatic heterocycles. The summed E-state index contributed by atoms with van der Waals surface area (Å²) in [4.78, 5) is 27.1. The number of fused-ring (bicyclic) bond motifs is 3. The van der Waals surface area contributed by atoms with E-state index in [-0.39, 0.29) is 12.5 Å². The maximum atomic E-state index is 12.3. The number of hydrogen-bond acceptors (Lipinski definition) is 4. The molecule has 1 amide bonds. The van der Waals surface area contributed by atoms with Crippen LogP contribution in [-0.2, 0) is 9.53 Å². The van der Waals surface area contributed by atoms with Gasteiger partial charge in [-0.2, -0.15) is 4.79 Å². The fourth-order valence-electron chi connectivity index (χ4n) is 3.40. The summed E-state index contributed by atoms with van der Waals surface area (Å²) in [6, 6.07) is 15.9. The minimum atomic E-state index is -1.67. The van der Waals surface area contributed by atoms with E-state index in [2.05, 4.69) is 10.1 Å². The Balaban J connectivity index is 1.76. The Labute approximate surface area is 162 Å². The molecular weight excluding hydrogens is 358 g/mol. The lowest BCUT2D eigenvalue weighted by atomic mass is 9.91. The van der Waals surface area contributed by atoms with Crippen LogP contribution in [-0.4, -0.2) is 46.2 Å². The van der Waals surface area contributed by atoms with Crippen molar-refractivity contribution in [3.8, 4) is 11.1 Å². The number of nitrogens with one attached hydrogen (secondary N) is 1. The molecule has 0 bridgehead atoms. The molecule has 1 unspecified atom stereocenters. The number of aliphatic hydroxyl groups excluding tert-OH is 1. The molecule has 7 heteroatoms. The summed E-state index contributed by atoms with van der Waals surface area (Å²) < 4.78 is 5.39. The molecule has 0 heterocycles. The molecule has 3 rings (SSSR count). The van der Waals surface area contributed by atoms with Gasteiger partial charge in [0.25, 0.3) is 5.78 Å². The number of benzene rings is 2. The predicted molar refractivity (Wildman–Crippen MR) is 103 cm³/mol. The Kier molecular flexibility index (Phi) is 5.40. The number of alkyl carbamates (subject to hydrolysis) is 1. The van der Waals surface area contributed by atoms with Crippen LogP contribution in [0, 0.1) is 0 Å². The van der Waals surface area contributed by atoms with Crippen LogP contribution >= 0.6 is 0 Å². The molecule has 0 aliphatic heterocycles. The molecule has 1 aliphatic rings. The molecule has 28 heavy (non-hydrogen) atoms. The number of rotatable bonds is 6. The smallest absolute Gasteiger partial charge is 0.408 e. The van der Waals surface area contributed by atoms with Gasteiger partial charge in [0, 0.05) is 5.92 Å². The van der Waals surface area contributed by atoms with E-state index in [0.717, 1.165) is 22.3 Å². The van der Waals surface area contributed by atoms with Crippen molar-refractivity contribution in [2.45, 2.75) is 31.4 Å². The number of carbonyl (C=O) groups excluding carboxylic acids is 2. The largest absolute Gasteiger partial charge is 0.449 e. The lowest BCUT2D eigenvalue weighted by molar-refractivity contribution is -0.125. The number of amides is 1. The zero-order valence-corrected chi connectivity index (χ0v) is 15.6. The summed E-state index contributed by atoms with van der Waals surface area (Å²) in [5, 5.41) is 12.3. The minimum absolute atomic E-state index is 0.0814. The summed E-state index contributed by atoms with van der Waals surface area (Å²) in [5.74, 6) is -0.871. The van der Waals surface area contributed by atoms with Gasteiger partial charge in [-0.05, 0) is 36.1 Å². The molecule has 7 nitrogen and oxygen atoms in total. The zero-order chi connectivity index (χ0) is 20.3. The Morgan fingerprint density at radius 3 is 2.25 bits per heavy atom. The Bertz CT molecular complexity index is 920. The molecular formula is C21H21N3O4. The van der Waals surface area contributed by atoms with Crippen molar-refractivity contribution in [2.24, 2.45) is 0 Å². The van der Waals surface area contributed by atoms with E-state index in [1.54, 1.807) is 0 Å². The van der Waals surface area contributed by atoms with Crippen LogP contribution in [0.15, 0.2) is 48.5 Å². The first kappa shape index (κ1) is 19.5. The van der Waals surface area contributed by atoms with E-state index in [4.69, 9.17) is 10.3 Å². The Morgan fingerprint density at radius 1 is 1.21 bits per heavy atom. The quantitative estimate of drug-likeness (QED) is 0.456. The van der Waals surface area contributed by atoms with Gasteiger partial charge in [-0.3, -0.25) is 4.79 Å². The van der Waals surface area contributed by atoms with E-state index in [9.17, 15) is 14.7 Å². The number of ether oxygens (including phenoxy) is 1. The number of carbonyl (C=O) groups is 2. The van der Waals surface area contributed by atoms with E-state index in [1.807, 2.05) is 48.5 Å².